The van der Waals surface area contributed by atoms with E-state index in [4.69, 9.17) is 0 Å². The third kappa shape index (κ3) is 2.60. The first kappa shape index (κ1) is 12.2. The van der Waals surface area contributed by atoms with Gasteiger partial charge in [0.05, 0.1) is 0 Å². The summed E-state index contributed by atoms with van der Waals surface area (Å²) >= 11 is 0. The topological polar surface area (TPSA) is 17.1 Å². The second kappa shape index (κ2) is 5.40. The van der Waals surface area contributed by atoms with Crippen LogP contribution in [0.2, 0.25) is 0 Å². The molecule has 0 aliphatic heterocycles. The van der Waals surface area contributed by atoms with Crippen LogP contribution in [0.1, 0.15) is 35.4 Å². The Morgan fingerprint density at radius 3 is 2.58 bits per heavy atom. The first-order valence-electron chi connectivity index (χ1n) is 6.99. The van der Waals surface area contributed by atoms with Crippen molar-refractivity contribution >= 4 is 5.78 Å². The molecular weight excluding hydrogens is 232 g/mol. The first-order valence-corrected chi connectivity index (χ1v) is 6.99. The molecule has 0 heterocycles. The van der Waals surface area contributed by atoms with Gasteiger partial charge in [0, 0.05) is 12.3 Å². The molecule has 0 spiro atoms. The van der Waals surface area contributed by atoms with Crippen molar-refractivity contribution in [3.8, 4) is 0 Å². The van der Waals surface area contributed by atoms with Gasteiger partial charge in [-0.25, -0.2) is 0 Å². The molecule has 1 aliphatic carbocycles. The fraction of sp³-hybridized carbons (Fsp3) is 0.278. The molecule has 1 heteroatoms. The van der Waals surface area contributed by atoms with E-state index in [2.05, 4.69) is 30.3 Å². The number of aryl methyl sites for hydroxylation is 2. The van der Waals surface area contributed by atoms with Gasteiger partial charge in [0.2, 0.25) is 0 Å². The highest BCUT2D eigenvalue weighted by molar-refractivity contribution is 5.87. The van der Waals surface area contributed by atoms with Crippen LogP contribution in [0.15, 0.2) is 54.6 Å². The number of benzene rings is 2. The Morgan fingerprint density at radius 2 is 1.74 bits per heavy atom. The smallest absolute Gasteiger partial charge is 0.140 e. The predicted octanol–water partition coefficient (Wildman–Crippen LogP) is 3.92. The van der Waals surface area contributed by atoms with Gasteiger partial charge in [0.15, 0.2) is 0 Å². The fourth-order valence-electron chi connectivity index (χ4n) is 2.98. The molecule has 2 aromatic rings. The average molecular weight is 250 g/mol. The summed E-state index contributed by atoms with van der Waals surface area (Å²) in [5.41, 5.74) is 3.88. The van der Waals surface area contributed by atoms with Crippen molar-refractivity contribution in [3.05, 3.63) is 71.3 Å². The Kier molecular flexibility index (Phi) is 3.45. The van der Waals surface area contributed by atoms with E-state index in [1.807, 2.05) is 24.3 Å². The molecule has 0 fully saturated rings. The van der Waals surface area contributed by atoms with Crippen molar-refractivity contribution in [1.82, 2.24) is 0 Å². The van der Waals surface area contributed by atoms with E-state index in [9.17, 15) is 4.79 Å². The lowest BCUT2D eigenvalue weighted by atomic mass is 9.93. The molecule has 0 saturated carbocycles. The lowest BCUT2D eigenvalue weighted by molar-refractivity contribution is -0.120. The summed E-state index contributed by atoms with van der Waals surface area (Å²) in [6, 6.07) is 18.6. The van der Waals surface area contributed by atoms with Crippen molar-refractivity contribution in [2.24, 2.45) is 0 Å². The highest BCUT2D eigenvalue weighted by Gasteiger charge is 2.27. The molecule has 1 unspecified atom stereocenters. The molecule has 1 aliphatic rings. The van der Waals surface area contributed by atoms with Crippen molar-refractivity contribution in [2.45, 2.75) is 31.6 Å². The van der Waals surface area contributed by atoms with Crippen LogP contribution in [0, 0.1) is 0 Å². The van der Waals surface area contributed by atoms with Crippen LogP contribution in [0.3, 0.4) is 0 Å². The van der Waals surface area contributed by atoms with Crippen LogP contribution in [0.5, 0.6) is 0 Å². The van der Waals surface area contributed by atoms with Crippen LogP contribution in [0.4, 0.5) is 0 Å². The number of carbonyl (C=O) groups is 1. The first-order chi connectivity index (χ1) is 9.34. The number of Topliss-reactive ketones (excluding diaryl/α,β-unsaturated/α-hetero) is 1. The summed E-state index contributed by atoms with van der Waals surface area (Å²) in [6.07, 6.45) is 3.56. The van der Waals surface area contributed by atoms with E-state index in [0.29, 0.717) is 12.2 Å². The van der Waals surface area contributed by atoms with E-state index in [0.717, 1.165) is 19.3 Å². The van der Waals surface area contributed by atoms with Gasteiger partial charge in [-0.2, -0.15) is 0 Å². The van der Waals surface area contributed by atoms with Crippen LogP contribution < -0.4 is 0 Å². The molecule has 0 bridgehead atoms. The van der Waals surface area contributed by atoms with Crippen LogP contribution in [0.25, 0.3) is 0 Å². The van der Waals surface area contributed by atoms with E-state index in [-0.39, 0.29) is 5.92 Å². The quantitative estimate of drug-likeness (QED) is 0.803. The second-order valence-corrected chi connectivity index (χ2v) is 5.24. The number of fused-ring (bicyclic) bond motifs is 1. The monoisotopic (exact) mass is 250 g/mol. The number of hydrogen-bond donors (Lipinski definition) is 0. The molecule has 96 valence electrons. The zero-order chi connectivity index (χ0) is 13.1. The number of ketones is 1. The van der Waals surface area contributed by atoms with Gasteiger partial charge in [-0.15, -0.1) is 0 Å². The number of carbonyl (C=O) groups excluding carboxylic acids is 1. The molecule has 3 rings (SSSR count). The minimum Gasteiger partial charge on any atom is -0.299 e. The Balaban J connectivity index is 1.66. The molecule has 19 heavy (non-hydrogen) atoms. The zero-order valence-electron chi connectivity index (χ0n) is 11.0. The predicted molar refractivity (Wildman–Crippen MR) is 77.3 cm³/mol. The summed E-state index contributed by atoms with van der Waals surface area (Å²) in [6.45, 7) is 0. The Morgan fingerprint density at radius 1 is 1.00 bits per heavy atom. The highest BCUT2D eigenvalue weighted by Crippen LogP contribution is 2.34. The van der Waals surface area contributed by atoms with Gasteiger partial charge < -0.3 is 0 Å². The van der Waals surface area contributed by atoms with E-state index in [1.54, 1.807) is 0 Å². The zero-order valence-corrected chi connectivity index (χ0v) is 11.0. The van der Waals surface area contributed by atoms with Gasteiger partial charge in [-0.1, -0.05) is 54.6 Å². The summed E-state index contributed by atoms with van der Waals surface area (Å²) in [5, 5.41) is 0. The molecule has 0 N–H and O–H groups in total. The summed E-state index contributed by atoms with van der Waals surface area (Å²) in [7, 11) is 0. The van der Waals surface area contributed by atoms with Crippen molar-refractivity contribution in [3.63, 3.8) is 0 Å². The third-order valence-corrected chi connectivity index (χ3v) is 4.02. The Labute approximate surface area is 114 Å². The standard InChI is InChI=1S/C18H18O/c19-18(13-10-14-6-2-1-3-7-14)17-12-11-15-8-4-5-9-16(15)17/h1-9,17H,10-13H2. The highest BCUT2D eigenvalue weighted by atomic mass is 16.1. The van der Waals surface area contributed by atoms with Gasteiger partial charge in [-0.05, 0) is 36.0 Å². The maximum absolute atomic E-state index is 12.4. The van der Waals surface area contributed by atoms with Crippen molar-refractivity contribution < 1.29 is 4.79 Å². The average Bonchev–Trinajstić information content (AvgIpc) is 2.90. The van der Waals surface area contributed by atoms with Gasteiger partial charge >= 0.3 is 0 Å². The minimum absolute atomic E-state index is 0.139. The lowest BCUT2D eigenvalue weighted by Gasteiger charge is -2.10. The van der Waals surface area contributed by atoms with E-state index < -0.39 is 0 Å². The summed E-state index contributed by atoms with van der Waals surface area (Å²) < 4.78 is 0. The van der Waals surface area contributed by atoms with Crippen LogP contribution in [-0.4, -0.2) is 5.78 Å². The maximum Gasteiger partial charge on any atom is 0.140 e. The lowest BCUT2D eigenvalue weighted by Crippen LogP contribution is -2.10. The van der Waals surface area contributed by atoms with Gasteiger partial charge in [0.1, 0.15) is 5.78 Å². The SMILES string of the molecule is O=C(CCc1ccccc1)C1CCc2ccccc21. The Hall–Kier alpha value is -1.89. The van der Waals surface area contributed by atoms with Gasteiger partial charge in [0.25, 0.3) is 0 Å². The molecule has 0 aromatic heterocycles. The molecule has 1 nitrogen and oxygen atoms in total. The largest absolute Gasteiger partial charge is 0.299 e. The van der Waals surface area contributed by atoms with Crippen molar-refractivity contribution in [1.29, 1.82) is 0 Å². The fourth-order valence-corrected chi connectivity index (χ4v) is 2.98. The molecule has 0 radical (unpaired) electrons. The third-order valence-electron chi connectivity index (χ3n) is 4.02. The molecule has 0 amide bonds. The molecule has 2 aromatic carbocycles. The van der Waals surface area contributed by atoms with E-state index in [1.165, 1.54) is 16.7 Å². The number of rotatable bonds is 4. The Bertz CT molecular complexity index is 571. The second-order valence-electron chi connectivity index (χ2n) is 5.24. The van der Waals surface area contributed by atoms with Crippen LogP contribution in [-0.2, 0) is 17.6 Å². The molecule has 0 saturated heterocycles. The van der Waals surface area contributed by atoms with Crippen molar-refractivity contribution in [2.75, 3.05) is 0 Å². The minimum atomic E-state index is 0.139. The summed E-state index contributed by atoms with van der Waals surface area (Å²) in [4.78, 5) is 12.4. The number of hydrogen-bond acceptors (Lipinski definition) is 1. The van der Waals surface area contributed by atoms with Gasteiger partial charge in [-0.3, -0.25) is 4.79 Å². The van der Waals surface area contributed by atoms with Crippen LogP contribution >= 0.6 is 0 Å². The normalized spacial score (nSPS) is 17.2. The maximum atomic E-state index is 12.4. The summed E-state index contributed by atoms with van der Waals surface area (Å²) in [5.74, 6) is 0.536. The molecule has 1 atom stereocenters. The van der Waals surface area contributed by atoms with E-state index >= 15 is 0 Å². The molecular formula is C18H18O.